The van der Waals surface area contributed by atoms with Gasteiger partial charge in [0.15, 0.2) is 0 Å². The zero-order chi connectivity index (χ0) is 17.6. The molecule has 3 aliphatic rings. The lowest BCUT2D eigenvalue weighted by atomic mass is 9.92. The number of nitrogens with one attached hydrogen (secondary N) is 1. The van der Waals surface area contributed by atoms with Crippen LogP contribution in [0.15, 0.2) is 12.3 Å². The summed E-state index contributed by atoms with van der Waals surface area (Å²) in [6, 6.07) is 3.28. The van der Waals surface area contributed by atoms with Gasteiger partial charge in [0.25, 0.3) is 0 Å². The summed E-state index contributed by atoms with van der Waals surface area (Å²) in [5.41, 5.74) is 0. The molecule has 26 heavy (non-hydrogen) atoms. The standard InChI is InChI=1S/C21H35N5/c1-2-7-16-25(15-6-1)20-12-14-23-21(24-20)26(18-9-4-3-5-10-18)19-11-8-13-22-17-19/h12,14,18-19,22H,1-11,13,15-17H2/t19-/m0/s1. The molecule has 4 rings (SSSR count). The third-order valence-corrected chi connectivity index (χ3v) is 6.42. The quantitative estimate of drug-likeness (QED) is 0.889. The fraction of sp³-hybridized carbons (Fsp3) is 0.810. The Morgan fingerprint density at radius 3 is 2.35 bits per heavy atom. The van der Waals surface area contributed by atoms with Gasteiger partial charge in [0.1, 0.15) is 5.82 Å². The van der Waals surface area contributed by atoms with Crippen LogP contribution < -0.4 is 15.1 Å². The molecule has 0 aromatic carbocycles. The lowest BCUT2D eigenvalue weighted by Crippen LogP contribution is -2.52. The molecule has 0 radical (unpaired) electrons. The van der Waals surface area contributed by atoms with Gasteiger partial charge in [0, 0.05) is 37.9 Å². The number of aromatic nitrogens is 2. The van der Waals surface area contributed by atoms with Crippen LogP contribution in [-0.2, 0) is 0 Å². The first-order chi connectivity index (χ1) is 12.9. The molecular weight excluding hydrogens is 322 g/mol. The number of nitrogens with zero attached hydrogens (tertiary/aromatic N) is 4. The second-order valence-electron chi connectivity index (χ2n) is 8.32. The molecule has 0 amide bonds. The number of anilines is 2. The SMILES string of the molecule is c1cc(N2CCCCCC2)nc(N(C2CCCCC2)[C@H]2CCCNC2)n1. The van der Waals surface area contributed by atoms with Crippen LogP contribution in [0.2, 0.25) is 0 Å². The van der Waals surface area contributed by atoms with Crippen molar-refractivity contribution in [3.8, 4) is 0 Å². The van der Waals surface area contributed by atoms with Gasteiger partial charge in [-0.2, -0.15) is 4.98 Å². The molecule has 1 aliphatic carbocycles. The molecule has 3 heterocycles. The van der Waals surface area contributed by atoms with Gasteiger partial charge in [-0.05, 0) is 51.1 Å². The van der Waals surface area contributed by atoms with Gasteiger partial charge in [-0.1, -0.05) is 32.1 Å². The molecule has 3 fully saturated rings. The molecular formula is C21H35N5. The van der Waals surface area contributed by atoms with Crippen molar-refractivity contribution in [2.24, 2.45) is 0 Å². The molecule has 144 valence electrons. The minimum Gasteiger partial charge on any atom is -0.356 e. The molecule has 5 heteroatoms. The van der Waals surface area contributed by atoms with Gasteiger partial charge in [0.2, 0.25) is 5.95 Å². The summed E-state index contributed by atoms with van der Waals surface area (Å²) in [5.74, 6) is 2.12. The van der Waals surface area contributed by atoms with E-state index in [1.54, 1.807) is 0 Å². The second kappa shape index (κ2) is 9.03. The van der Waals surface area contributed by atoms with E-state index >= 15 is 0 Å². The normalized spacial score (nSPS) is 25.7. The largest absolute Gasteiger partial charge is 0.356 e. The third kappa shape index (κ3) is 4.30. The summed E-state index contributed by atoms with van der Waals surface area (Å²) in [5, 5.41) is 3.60. The number of hydrogen-bond acceptors (Lipinski definition) is 5. The predicted molar refractivity (Wildman–Crippen MR) is 108 cm³/mol. The Balaban J connectivity index is 1.58. The van der Waals surface area contributed by atoms with E-state index in [9.17, 15) is 0 Å². The van der Waals surface area contributed by atoms with Crippen molar-refractivity contribution in [1.82, 2.24) is 15.3 Å². The first-order valence-corrected chi connectivity index (χ1v) is 11.0. The van der Waals surface area contributed by atoms with Crippen LogP contribution in [0.4, 0.5) is 11.8 Å². The van der Waals surface area contributed by atoms with E-state index < -0.39 is 0 Å². The Kier molecular flexibility index (Phi) is 6.26. The number of hydrogen-bond donors (Lipinski definition) is 1. The van der Waals surface area contributed by atoms with E-state index in [1.165, 1.54) is 70.6 Å². The highest BCUT2D eigenvalue weighted by molar-refractivity contribution is 5.45. The van der Waals surface area contributed by atoms with Crippen molar-refractivity contribution in [2.75, 3.05) is 36.0 Å². The maximum Gasteiger partial charge on any atom is 0.227 e. The maximum atomic E-state index is 5.10. The molecule has 0 unspecified atom stereocenters. The van der Waals surface area contributed by atoms with Crippen molar-refractivity contribution in [3.63, 3.8) is 0 Å². The predicted octanol–water partition coefficient (Wildman–Crippen LogP) is 3.75. The average Bonchev–Trinajstić information content (AvgIpc) is 3.00. The maximum absolute atomic E-state index is 5.10. The van der Waals surface area contributed by atoms with Crippen molar-refractivity contribution < 1.29 is 0 Å². The summed E-state index contributed by atoms with van der Waals surface area (Å²) < 4.78 is 0. The number of rotatable bonds is 4. The van der Waals surface area contributed by atoms with Gasteiger partial charge in [-0.25, -0.2) is 4.98 Å². The van der Waals surface area contributed by atoms with Crippen LogP contribution in [0.25, 0.3) is 0 Å². The monoisotopic (exact) mass is 357 g/mol. The third-order valence-electron chi connectivity index (χ3n) is 6.42. The molecule has 1 atom stereocenters. The van der Waals surface area contributed by atoms with Crippen molar-refractivity contribution in [1.29, 1.82) is 0 Å². The fourth-order valence-corrected chi connectivity index (χ4v) is 4.99. The second-order valence-corrected chi connectivity index (χ2v) is 8.32. The molecule has 2 saturated heterocycles. The van der Waals surface area contributed by atoms with E-state index in [0.29, 0.717) is 12.1 Å². The molecule has 5 nitrogen and oxygen atoms in total. The zero-order valence-corrected chi connectivity index (χ0v) is 16.2. The smallest absolute Gasteiger partial charge is 0.227 e. The highest BCUT2D eigenvalue weighted by Crippen LogP contribution is 2.30. The van der Waals surface area contributed by atoms with Crippen LogP contribution in [0.1, 0.15) is 70.6 Å². The van der Waals surface area contributed by atoms with E-state index in [2.05, 4.69) is 21.2 Å². The lowest BCUT2D eigenvalue weighted by molar-refractivity contribution is 0.344. The van der Waals surface area contributed by atoms with Crippen LogP contribution >= 0.6 is 0 Å². The lowest BCUT2D eigenvalue weighted by Gasteiger charge is -2.42. The minimum atomic E-state index is 0.547. The number of piperidine rings is 1. The van der Waals surface area contributed by atoms with E-state index in [4.69, 9.17) is 9.97 Å². The van der Waals surface area contributed by atoms with Gasteiger partial charge in [0.05, 0.1) is 0 Å². The van der Waals surface area contributed by atoms with Crippen molar-refractivity contribution >= 4 is 11.8 Å². The Hall–Kier alpha value is -1.36. The summed E-state index contributed by atoms with van der Waals surface area (Å²) >= 11 is 0. The molecule has 0 spiro atoms. The molecule has 1 N–H and O–H groups in total. The summed E-state index contributed by atoms with van der Waals surface area (Å²) in [6.07, 6.45) is 16.5. The van der Waals surface area contributed by atoms with Gasteiger partial charge in [-0.3, -0.25) is 0 Å². The van der Waals surface area contributed by atoms with E-state index in [1.807, 2.05) is 6.20 Å². The molecule has 1 saturated carbocycles. The summed E-state index contributed by atoms with van der Waals surface area (Å²) in [6.45, 7) is 4.52. The van der Waals surface area contributed by atoms with Crippen LogP contribution in [0, 0.1) is 0 Å². The average molecular weight is 358 g/mol. The van der Waals surface area contributed by atoms with Crippen LogP contribution in [0.3, 0.4) is 0 Å². The Morgan fingerprint density at radius 2 is 1.62 bits per heavy atom. The fourth-order valence-electron chi connectivity index (χ4n) is 4.99. The zero-order valence-electron chi connectivity index (χ0n) is 16.2. The molecule has 1 aromatic rings. The molecule has 1 aromatic heterocycles. The Morgan fingerprint density at radius 1 is 0.885 bits per heavy atom. The highest BCUT2D eigenvalue weighted by Gasteiger charge is 2.31. The summed E-state index contributed by atoms with van der Waals surface area (Å²) in [4.78, 5) is 15.0. The topological polar surface area (TPSA) is 44.3 Å². The Bertz CT molecular complexity index is 525. The van der Waals surface area contributed by atoms with Gasteiger partial charge < -0.3 is 15.1 Å². The Labute approximate surface area is 158 Å². The van der Waals surface area contributed by atoms with Crippen molar-refractivity contribution in [2.45, 2.75) is 82.7 Å². The van der Waals surface area contributed by atoms with Crippen LogP contribution in [-0.4, -0.2) is 48.2 Å². The van der Waals surface area contributed by atoms with Crippen molar-refractivity contribution in [3.05, 3.63) is 12.3 Å². The first-order valence-electron chi connectivity index (χ1n) is 11.0. The molecule has 2 aliphatic heterocycles. The van der Waals surface area contributed by atoms with Gasteiger partial charge in [-0.15, -0.1) is 0 Å². The van der Waals surface area contributed by atoms with Crippen LogP contribution in [0.5, 0.6) is 0 Å². The van der Waals surface area contributed by atoms with Gasteiger partial charge >= 0.3 is 0 Å². The molecule has 0 bridgehead atoms. The van der Waals surface area contributed by atoms with E-state index in [0.717, 1.165) is 37.9 Å². The summed E-state index contributed by atoms with van der Waals surface area (Å²) in [7, 11) is 0. The first kappa shape index (κ1) is 18.0. The van der Waals surface area contributed by atoms with E-state index in [-0.39, 0.29) is 0 Å². The highest BCUT2D eigenvalue weighted by atomic mass is 15.3. The minimum absolute atomic E-state index is 0.547.